The molecule has 14 heavy (non-hydrogen) atoms. The van der Waals surface area contributed by atoms with Crippen LogP contribution in [-0.4, -0.2) is 4.98 Å². The number of nitrogens with two attached hydrogens (primary N) is 1. The van der Waals surface area contributed by atoms with Crippen LogP contribution in [0, 0.1) is 13.8 Å². The Bertz CT molecular complexity index is 460. The van der Waals surface area contributed by atoms with Crippen molar-refractivity contribution >= 4 is 17.0 Å². The van der Waals surface area contributed by atoms with E-state index in [1.54, 1.807) is 17.5 Å². The minimum atomic E-state index is 0.721. The van der Waals surface area contributed by atoms with Crippen LogP contribution in [-0.2, 0) is 0 Å². The summed E-state index contributed by atoms with van der Waals surface area (Å²) in [5.41, 5.74) is 9.77. The number of hydrogen-bond acceptors (Lipinski definition) is 3. The van der Waals surface area contributed by atoms with Gasteiger partial charge in [-0.25, -0.2) is 0 Å². The van der Waals surface area contributed by atoms with E-state index in [2.05, 4.69) is 23.4 Å². The molecule has 2 aromatic heterocycles. The van der Waals surface area contributed by atoms with Gasteiger partial charge in [0.25, 0.3) is 0 Å². The molecule has 0 fully saturated rings. The molecule has 2 N–H and O–H groups in total. The first kappa shape index (κ1) is 9.21. The second-order valence-corrected chi connectivity index (χ2v) is 4.44. The van der Waals surface area contributed by atoms with Crippen LogP contribution < -0.4 is 5.73 Å². The van der Waals surface area contributed by atoms with Crippen LogP contribution >= 0.6 is 11.3 Å². The van der Waals surface area contributed by atoms with E-state index in [4.69, 9.17) is 5.73 Å². The van der Waals surface area contributed by atoms with Crippen molar-refractivity contribution in [1.29, 1.82) is 0 Å². The summed E-state index contributed by atoms with van der Waals surface area (Å²) in [6, 6.07) is 4.06. The highest BCUT2D eigenvalue weighted by molar-refractivity contribution is 7.10. The zero-order chi connectivity index (χ0) is 10.1. The zero-order valence-electron chi connectivity index (χ0n) is 8.24. The van der Waals surface area contributed by atoms with Gasteiger partial charge in [0.05, 0.1) is 17.6 Å². The molecule has 0 radical (unpaired) electrons. The van der Waals surface area contributed by atoms with Crippen molar-refractivity contribution < 1.29 is 0 Å². The van der Waals surface area contributed by atoms with Crippen molar-refractivity contribution in [3.8, 4) is 11.3 Å². The second-order valence-electron chi connectivity index (χ2n) is 3.32. The van der Waals surface area contributed by atoms with Gasteiger partial charge < -0.3 is 5.73 Å². The van der Waals surface area contributed by atoms with Gasteiger partial charge in [-0.1, -0.05) is 0 Å². The fourth-order valence-corrected chi connectivity index (χ4v) is 2.21. The number of aromatic nitrogens is 1. The lowest BCUT2D eigenvalue weighted by Crippen LogP contribution is -1.92. The highest BCUT2D eigenvalue weighted by Crippen LogP contribution is 2.28. The summed E-state index contributed by atoms with van der Waals surface area (Å²) in [5, 5.41) is 2.09. The summed E-state index contributed by atoms with van der Waals surface area (Å²) in [5.74, 6) is 0. The molecule has 72 valence electrons. The fourth-order valence-electron chi connectivity index (χ4n) is 1.51. The lowest BCUT2D eigenvalue weighted by Gasteiger charge is -2.04. The topological polar surface area (TPSA) is 38.9 Å². The SMILES string of the molecule is Cc1cc(N)cnc1-c1ccsc1C. The van der Waals surface area contributed by atoms with E-state index in [0.29, 0.717) is 0 Å². The third-order valence-electron chi connectivity index (χ3n) is 2.21. The average Bonchev–Trinajstić information content (AvgIpc) is 2.52. The molecule has 0 unspecified atom stereocenters. The van der Waals surface area contributed by atoms with E-state index in [-0.39, 0.29) is 0 Å². The molecule has 2 aromatic rings. The van der Waals surface area contributed by atoms with Gasteiger partial charge in [0, 0.05) is 10.4 Å². The van der Waals surface area contributed by atoms with Gasteiger partial charge in [0.15, 0.2) is 0 Å². The standard InChI is InChI=1S/C11H12N2S/c1-7-5-9(12)6-13-11(7)10-3-4-14-8(10)2/h3-6H,12H2,1-2H3. The summed E-state index contributed by atoms with van der Waals surface area (Å²) in [6.45, 7) is 4.15. The number of anilines is 1. The normalized spacial score (nSPS) is 10.4. The molecule has 0 amide bonds. The zero-order valence-corrected chi connectivity index (χ0v) is 9.06. The van der Waals surface area contributed by atoms with E-state index in [1.165, 1.54) is 10.4 Å². The molecule has 0 spiro atoms. The Morgan fingerprint density at radius 1 is 1.36 bits per heavy atom. The Morgan fingerprint density at radius 2 is 2.14 bits per heavy atom. The number of nitrogens with zero attached hydrogens (tertiary/aromatic N) is 1. The minimum Gasteiger partial charge on any atom is -0.397 e. The number of rotatable bonds is 1. The summed E-state index contributed by atoms with van der Waals surface area (Å²) in [4.78, 5) is 5.66. The fraction of sp³-hybridized carbons (Fsp3) is 0.182. The largest absolute Gasteiger partial charge is 0.397 e. The van der Waals surface area contributed by atoms with Crippen molar-refractivity contribution in [2.75, 3.05) is 5.73 Å². The summed E-state index contributed by atoms with van der Waals surface area (Å²) < 4.78 is 0. The number of nitrogen functional groups attached to an aromatic ring is 1. The van der Waals surface area contributed by atoms with E-state index < -0.39 is 0 Å². The molecule has 0 aliphatic rings. The lowest BCUT2D eigenvalue weighted by atomic mass is 10.1. The Kier molecular flexibility index (Phi) is 2.25. The molecular formula is C11H12N2S. The van der Waals surface area contributed by atoms with Crippen LogP contribution in [0.1, 0.15) is 10.4 Å². The molecule has 2 nitrogen and oxygen atoms in total. The predicted octanol–water partition coefficient (Wildman–Crippen LogP) is 3.01. The molecule has 0 bridgehead atoms. The molecule has 0 aliphatic heterocycles. The van der Waals surface area contributed by atoms with Crippen molar-refractivity contribution in [2.24, 2.45) is 0 Å². The first-order valence-corrected chi connectivity index (χ1v) is 5.33. The monoisotopic (exact) mass is 204 g/mol. The highest BCUT2D eigenvalue weighted by atomic mass is 32.1. The van der Waals surface area contributed by atoms with Gasteiger partial charge in [-0.3, -0.25) is 4.98 Å². The van der Waals surface area contributed by atoms with Crippen LogP contribution in [0.4, 0.5) is 5.69 Å². The van der Waals surface area contributed by atoms with E-state index in [9.17, 15) is 0 Å². The van der Waals surface area contributed by atoms with Crippen LogP contribution in [0.2, 0.25) is 0 Å². The van der Waals surface area contributed by atoms with Gasteiger partial charge in [-0.15, -0.1) is 11.3 Å². The molecule has 0 saturated carbocycles. The van der Waals surface area contributed by atoms with E-state index in [1.807, 2.05) is 13.0 Å². The second kappa shape index (κ2) is 3.42. The Morgan fingerprint density at radius 3 is 2.71 bits per heavy atom. The first-order chi connectivity index (χ1) is 6.68. The smallest absolute Gasteiger partial charge is 0.0743 e. The first-order valence-electron chi connectivity index (χ1n) is 4.45. The molecule has 0 aliphatic carbocycles. The van der Waals surface area contributed by atoms with Crippen LogP contribution in [0.25, 0.3) is 11.3 Å². The summed E-state index contributed by atoms with van der Waals surface area (Å²) in [7, 11) is 0. The predicted molar refractivity (Wildman–Crippen MR) is 61.4 cm³/mol. The van der Waals surface area contributed by atoms with E-state index >= 15 is 0 Å². The molecule has 2 rings (SSSR count). The van der Waals surface area contributed by atoms with Crippen molar-refractivity contribution in [3.05, 3.63) is 34.2 Å². The maximum Gasteiger partial charge on any atom is 0.0743 e. The maximum atomic E-state index is 5.66. The Hall–Kier alpha value is -1.35. The number of pyridine rings is 1. The third kappa shape index (κ3) is 1.51. The van der Waals surface area contributed by atoms with Crippen LogP contribution in [0.3, 0.4) is 0 Å². The minimum absolute atomic E-state index is 0.721. The highest BCUT2D eigenvalue weighted by Gasteiger charge is 2.07. The van der Waals surface area contributed by atoms with Gasteiger partial charge in [0.2, 0.25) is 0 Å². The number of aryl methyl sites for hydroxylation is 2. The molecule has 0 saturated heterocycles. The van der Waals surface area contributed by atoms with Gasteiger partial charge in [-0.2, -0.15) is 0 Å². The van der Waals surface area contributed by atoms with Crippen molar-refractivity contribution in [2.45, 2.75) is 13.8 Å². The maximum absolute atomic E-state index is 5.66. The van der Waals surface area contributed by atoms with E-state index in [0.717, 1.165) is 16.9 Å². The van der Waals surface area contributed by atoms with Gasteiger partial charge in [0.1, 0.15) is 0 Å². The number of thiophene rings is 1. The number of hydrogen-bond donors (Lipinski definition) is 1. The Balaban J connectivity index is 2.58. The molecule has 3 heteroatoms. The molecular weight excluding hydrogens is 192 g/mol. The Labute approximate surface area is 87.4 Å². The van der Waals surface area contributed by atoms with Crippen LogP contribution in [0.5, 0.6) is 0 Å². The van der Waals surface area contributed by atoms with Crippen LogP contribution in [0.15, 0.2) is 23.7 Å². The average molecular weight is 204 g/mol. The third-order valence-corrected chi connectivity index (χ3v) is 3.06. The van der Waals surface area contributed by atoms with Gasteiger partial charge in [-0.05, 0) is 36.9 Å². The quantitative estimate of drug-likeness (QED) is 0.775. The molecule has 0 atom stereocenters. The van der Waals surface area contributed by atoms with Crippen molar-refractivity contribution in [3.63, 3.8) is 0 Å². The molecule has 2 heterocycles. The lowest BCUT2D eigenvalue weighted by molar-refractivity contribution is 1.27. The van der Waals surface area contributed by atoms with Gasteiger partial charge >= 0.3 is 0 Å². The van der Waals surface area contributed by atoms with Crippen molar-refractivity contribution in [1.82, 2.24) is 4.98 Å². The molecule has 0 aromatic carbocycles. The summed E-state index contributed by atoms with van der Waals surface area (Å²) >= 11 is 1.74. The summed E-state index contributed by atoms with van der Waals surface area (Å²) in [6.07, 6.45) is 1.71.